The number of nitro groups is 1. The van der Waals surface area contributed by atoms with Crippen molar-refractivity contribution in [3.8, 4) is 5.75 Å². The molecule has 4 rings (SSSR count). The topological polar surface area (TPSA) is 248 Å². The number of nitro benzene ring substituents is 1. The molecule has 0 fully saturated rings. The van der Waals surface area contributed by atoms with E-state index >= 15 is 0 Å². The standard InChI is InChI=1S/C23H18N6O9S2/c1-12-5-4-6-14(9-12)25-28-22-18(40(36,37)38)11-13-10-17(39(33,34)35)21(20(24)19(13)23(22)30)27-26-15-7-2-3-8-16(15)29(31)32/h2-11,30H,24H2,1H3,(H,33,34,35)(H,36,37,38). The second-order valence-electron chi connectivity index (χ2n) is 8.24. The minimum atomic E-state index is -5.10. The summed E-state index contributed by atoms with van der Waals surface area (Å²) in [4.78, 5) is 8.64. The number of nitrogens with zero attached hydrogens (tertiary/aromatic N) is 5. The Labute approximate surface area is 226 Å². The van der Waals surface area contributed by atoms with E-state index in [-0.39, 0.29) is 22.1 Å². The largest absolute Gasteiger partial charge is 0.505 e. The molecular weight excluding hydrogens is 568 g/mol. The molecule has 0 saturated heterocycles. The first kappa shape index (κ1) is 28.2. The molecule has 4 aromatic rings. The van der Waals surface area contributed by atoms with Gasteiger partial charge in [-0.05, 0) is 48.2 Å². The van der Waals surface area contributed by atoms with Gasteiger partial charge < -0.3 is 10.8 Å². The third-order valence-electron chi connectivity index (χ3n) is 5.47. The molecule has 206 valence electrons. The van der Waals surface area contributed by atoms with E-state index in [2.05, 4.69) is 20.5 Å². The number of fused-ring (bicyclic) bond motifs is 1. The van der Waals surface area contributed by atoms with Gasteiger partial charge in [0.25, 0.3) is 25.9 Å². The predicted molar refractivity (Wildman–Crippen MR) is 142 cm³/mol. The molecule has 0 aliphatic heterocycles. The van der Waals surface area contributed by atoms with Crippen molar-refractivity contribution in [2.45, 2.75) is 16.7 Å². The highest BCUT2D eigenvalue weighted by Crippen LogP contribution is 2.48. The van der Waals surface area contributed by atoms with E-state index in [0.29, 0.717) is 0 Å². The number of azo groups is 2. The smallest absolute Gasteiger partial charge is 0.296 e. The number of para-hydroxylation sites is 1. The number of aryl methyl sites for hydroxylation is 1. The number of hydrogen-bond acceptors (Lipinski definition) is 12. The maximum Gasteiger partial charge on any atom is 0.296 e. The highest BCUT2D eigenvalue weighted by molar-refractivity contribution is 7.86. The van der Waals surface area contributed by atoms with Crippen LogP contribution in [0.4, 0.5) is 34.1 Å². The van der Waals surface area contributed by atoms with Crippen molar-refractivity contribution in [1.82, 2.24) is 0 Å². The van der Waals surface area contributed by atoms with Gasteiger partial charge in [-0.3, -0.25) is 19.2 Å². The van der Waals surface area contributed by atoms with Crippen LogP contribution in [0.2, 0.25) is 0 Å². The predicted octanol–water partition coefficient (Wildman–Crippen LogP) is 5.67. The minimum Gasteiger partial charge on any atom is -0.505 e. The van der Waals surface area contributed by atoms with Crippen molar-refractivity contribution in [1.29, 1.82) is 0 Å². The summed E-state index contributed by atoms with van der Waals surface area (Å²) in [5, 5.41) is 36.7. The number of nitrogens with two attached hydrogens (primary N) is 1. The molecule has 0 aliphatic rings. The van der Waals surface area contributed by atoms with E-state index in [4.69, 9.17) is 5.73 Å². The van der Waals surface area contributed by atoms with Crippen molar-refractivity contribution in [3.05, 3.63) is 76.3 Å². The summed E-state index contributed by atoms with van der Waals surface area (Å²) in [5.74, 6) is -0.928. The second-order valence-corrected chi connectivity index (χ2v) is 11.0. The molecule has 5 N–H and O–H groups in total. The average Bonchev–Trinajstić information content (AvgIpc) is 2.86. The third-order valence-corrected chi connectivity index (χ3v) is 7.21. The number of phenolic OH excluding ortho intramolecular Hbond substituents is 1. The van der Waals surface area contributed by atoms with Crippen LogP contribution in [0.15, 0.2) is 90.9 Å². The Morgan fingerprint density at radius 2 is 1.43 bits per heavy atom. The van der Waals surface area contributed by atoms with Crippen LogP contribution in [0, 0.1) is 17.0 Å². The van der Waals surface area contributed by atoms with Crippen LogP contribution in [0.5, 0.6) is 5.75 Å². The zero-order chi connectivity index (χ0) is 29.4. The van der Waals surface area contributed by atoms with Crippen molar-refractivity contribution in [2.24, 2.45) is 20.5 Å². The Balaban J connectivity index is 2.04. The first-order chi connectivity index (χ1) is 18.7. The van der Waals surface area contributed by atoms with Gasteiger partial charge in [-0.2, -0.15) is 21.9 Å². The highest BCUT2D eigenvalue weighted by Gasteiger charge is 2.28. The van der Waals surface area contributed by atoms with E-state index in [9.17, 15) is 41.2 Å². The number of aromatic hydroxyl groups is 1. The normalized spacial score (nSPS) is 12.5. The van der Waals surface area contributed by atoms with E-state index in [1.165, 1.54) is 24.3 Å². The minimum absolute atomic E-state index is 0.273. The number of benzene rings is 4. The zero-order valence-corrected chi connectivity index (χ0v) is 21.8. The summed E-state index contributed by atoms with van der Waals surface area (Å²) in [7, 11) is -10.2. The second kappa shape index (κ2) is 10.4. The molecule has 0 amide bonds. The first-order valence-corrected chi connectivity index (χ1v) is 13.8. The SMILES string of the molecule is Cc1cccc(N=Nc2c(S(=O)(=O)O)cc3cc(S(=O)(=O)O)c(N=Nc4ccccc4[N+](=O)[O-])c(N)c3c2O)c1. The van der Waals surface area contributed by atoms with E-state index < -0.39 is 63.4 Å². The molecule has 0 saturated carbocycles. The molecule has 0 aromatic heterocycles. The lowest BCUT2D eigenvalue weighted by atomic mass is 10.1. The fourth-order valence-corrected chi connectivity index (χ4v) is 5.04. The number of hydrogen-bond donors (Lipinski definition) is 4. The van der Waals surface area contributed by atoms with Gasteiger partial charge in [0.1, 0.15) is 21.2 Å². The lowest BCUT2D eigenvalue weighted by Crippen LogP contribution is -2.03. The third kappa shape index (κ3) is 5.61. The molecule has 15 nitrogen and oxygen atoms in total. The van der Waals surface area contributed by atoms with Gasteiger partial charge in [-0.25, -0.2) is 0 Å². The Hall–Kier alpha value is -4.84. The fourth-order valence-electron chi connectivity index (χ4n) is 3.71. The van der Waals surface area contributed by atoms with Crippen LogP contribution in [0.3, 0.4) is 0 Å². The summed E-state index contributed by atoms with van der Waals surface area (Å²) in [6, 6.07) is 13.2. The summed E-state index contributed by atoms with van der Waals surface area (Å²) < 4.78 is 68.3. The van der Waals surface area contributed by atoms with E-state index in [1.54, 1.807) is 25.1 Å². The molecule has 4 aromatic carbocycles. The summed E-state index contributed by atoms with van der Waals surface area (Å²) in [6.45, 7) is 1.77. The quantitative estimate of drug-likeness (QED) is 0.0678. The van der Waals surface area contributed by atoms with Gasteiger partial charge in [0, 0.05) is 6.07 Å². The molecule has 17 heteroatoms. The van der Waals surface area contributed by atoms with Gasteiger partial charge in [0.15, 0.2) is 11.4 Å². The Morgan fingerprint density at radius 1 is 0.825 bits per heavy atom. The van der Waals surface area contributed by atoms with Gasteiger partial charge >= 0.3 is 0 Å². The lowest BCUT2D eigenvalue weighted by Gasteiger charge is -2.14. The van der Waals surface area contributed by atoms with Crippen molar-refractivity contribution in [2.75, 3.05) is 5.73 Å². The van der Waals surface area contributed by atoms with Gasteiger partial charge in [0.2, 0.25) is 0 Å². The number of anilines is 1. The van der Waals surface area contributed by atoms with E-state index in [0.717, 1.165) is 23.8 Å². The molecule has 0 aliphatic carbocycles. The Morgan fingerprint density at radius 3 is 2.02 bits per heavy atom. The average molecular weight is 587 g/mol. The van der Waals surface area contributed by atoms with Crippen LogP contribution in [-0.2, 0) is 20.2 Å². The number of nitrogen functional groups attached to an aromatic ring is 1. The molecule has 0 atom stereocenters. The Bertz CT molecular complexity index is 1970. The van der Waals surface area contributed by atoms with Crippen LogP contribution in [0.1, 0.15) is 5.56 Å². The number of rotatable bonds is 7. The zero-order valence-electron chi connectivity index (χ0n) is 20.2. The summed E-state index contributed by atoms with van der Waals surface area (Å²) in [6.07, 6.45) is 0. The maximum absolute atomic E-state index is 12.2. The molecule has 0 unspecified atom stereocenters. The lowest BCUT2D eigenvalue weighted by molar-refractivity contribution is -0.384. The van der Waals surface area contributed by atoms with Crippen LogP contribution in [0.25, 0.3) is 10.8 Å². The van der Waals surface area contributed by atoms with Crippen LogP contribution < -0.4 is 5.73 Å². The van der Waals surface area contributed by atoms with Crippen molar-refractivity contribution in [3.63, 3.8) is 0 Å². The van der Waals surface area contributed by atoms with Gasteiger partial charge in [-0.15, -0.1) is 15.3 Å². The van der Waals surface area contributed by atoms with Gasteiger partial charge in [0.05, 0.1) is 21.7 Å². The van der Waals surface area contributed by atoms with Crippen molar-refractivity contribution >= 4 is 65.1 Å². The Kier molecular flexibility index (Phi) is 7.31. The molecular formula is C23H18N6O9S2. The maximum atomic E-state index is 12.2. The molecule has 0 radical (unpaired) electrons. The van der Waals surface area contributed by atoms with Gasteiger partial charge in [-0.1, -0.05) is 24.3 Å². The van der Waals surface area contributed by atoms with Crippen molar-refractivity contribution < 1.29 is 36.0 Å². The monoisotopic (exact) mass is 586 g/mol. The van der Waals surface area contributed by atoms with Crippen LogP contribution in [-0.4, -0.2) is 36.0 Å². The first-order valence-electron chi connectivity index (χ1n) is 10.9. The highest BCUT2D eigenvalue weighted by atomic mass is 32.2. The summed E-state index contributed by atoms with van der Waals surface area (Å²) in [5.41, 5.74) is 4.37. The molecule has 0 spiro atoms. The van der Waals surface area contributed by atoms with E-state index in [1.807, 2.05) is 0 Å². The molecule has 0 heterocycles. The van der Waals surface area contributed by atoms with Crippen LogP contribution >= 0.6 is 0 Å². The fraction of sp³-hybridized carbons (Fsp3) is 0.0435. The molecule has 40 heavy (non-hydrogen) atoms. The molecule has 0 bridgehead atoms. The number of phenols is 1. The summed E-state index contributed by atoms with van der Waals surface area (Å²) >= 11 is 0.